The van der Waals surface area contributed by atoms with Gasteiger partial charge < -0.3 is 15.6 Å². The van der Waals surface area contributed by atoms with Crippen LogP contribution in [0.25, 0.3) is 0 Å². The molecule has 2 aromatic rings. The van der Waals surface area contributed by atoms with Gasteiger partial charge in [-0.3, -0.25) is 0 Å². The number of aromatic nitrogens is 3. The Kier molecular flexibility index (Phi) is 2.72. The number of hydrogen-bond donors (Lipinski definition) is 2. The van der Waals surface area contributed by atoms with E-state index in [1.54, 1.807) is 0 Å². The Morgan fingerprint density at radius 3 is 2.75 bits per heavy atom. The highest BCUT2D eigenvalue weighted by molar-refractivity contribution is 5.40. The molecule has 2 heterocycles. The fourth-order valence-corrected chi connectivity index (χ4v) is 1.36. The predicted octanol–water partition coefficient (Wildman–Crippen LogP) is 1.28. The van der Waals surface area contributed by atoms with Crippen LogP contribution in [0.5, 0.6) is 0 Å². The molecule has 6 heteroatoms. The van der Waals surface area contributed by atoms with Crippen molar-refractivity contribution < 1.29 is 4.52 Å². The molecule has 0 fully saturated rings. The SMILES string of the molecule is Cc1cc(NCc2cc(C)on2)nc(N)n1. The van der Waals surface area contributed by atoms with Gasteiger partial charge in [0, 0.05) is 17.8 Å². The molecular formula is C10H13N5O. The Bertz CT molecular complexity index is 473. The average molecular weight is 219 g/mol. The fourth-order valence-electron chi connectivity index (χ4n) is 1.36. The lowest BCUT2D eigenvalue weighted by atomic mass is 10.3. The van der Waals surface area contributed by atoms with Crippen LogP contribution in [0.3, 0.4) is 0 Å². The van der Waals surface area contributed by atoms with Crippen molar-refractivity contribution in [3.05, 3.63) is 29.3 Å². The summed E-state index contributed by atoms with van der Waals surface area (Å²) in [6.07, 6.45) is 0. The summed E-state index contributed by atoms with van der Waals surface area (Å²) in [5.41, 5.74) is 7.19. The van der Waals surface area contributed by atoms with Crippen molar-refractivity contribution in [1.29, 1.82) is 0 Å². The lowest BCUT2D eigenvalue weighted by molar-refractivity contribution is 0.391. The van der Waals surface area contributed by atoms with Crippen molar-refractivity contribution in [1.82, 2.24) is 15.1 Å². The van der Waals surface area contributed by atoms with Crippen LogP contribution in [0.2, 0.25) is 0 Å². The first kappa shape index (κ1) is 10.4. The Hall–Kier alpha value is -2.11. The molecule has 0 aromatic carbocycles. The molecule has 2 aromatic heterocycles. The predicted molar refractivity (Wildman–Crippen MR) is 59.7 cm³/mol. The summed E-state index contributed by atoms with van der Waals surface area (Å²) in [5.74, 6) is 1.74. The minimum absolute atomic E-state index is 0.263. The second-order valence-corrected chi connectivity index (χ2v) is 3.54. The first-order valence-electron chi connectivity index (χ1n) is 4.91. The first-order chi connectivity index (χ1) is 7.63. The maximum absolute atomic E-state index is 5.54. The normalized spacial score (nSPS) is 10.4. The van der Waals surface area contributed by atoms with E-state index in [0.717, 1.165) is 17.1 Å². The quantitative estimate of drug-likeness (QED) is 0.808. The molecule has 0 atom stereocenters. The number of nitrogen functional groups attached to an aromatic ring is 1. The average Bonchev–Trinajstić information content (AvgIpc) is 2.60. The second-order valence-electron chi connectivity index (χ2n) is 3.54. The monoisotopic (exact) mass is 219 g/mol. The molecule has 0 aliphatic heterocycles. The largest absolute Gasteiger partial charge is 0.368 e. The molecule has 6 nitrogen and oxygen atoms in total. The number of nitrogens with two attached hydrogens (primary N) is 1. The Morgan fingerprint density at radius 1 is 1.31 bits per heavy atom. The number of hydrogen-bond acceptors (Lipinski definition) is 6. The van der Waals surface area contributed by atoms with Crippen molar-refractivity contribution in [2.75, 3.05) is 11.1 Å². The third kappa shape index (κ3) is 2.47. The summed E-state index contributed by atoms with van der Waals surface area (Å²) in [6.45, 7) is 4.26. The number of aryl methyl sites for hydroxylation is 2. The van der Waals surface area contributed by atoms with Gasteiger partial charge in [-0.2, -0.15) is 4.98 Å². The van der Waals surface area contributed by atoms with E-state index in [9.17, 15) is 0 Å². The van der Waals surface area contributed by atoms with Crippen LogP contribution in [-0.2, 0) is 6.54 Å². The van der Waals surface area contributed by atoms with Gasteiger partial charge in [0.05, 0.1) is 6.54 Å². The summed E-state index contributed by atoms with van der Waals surface area (Å²) in [6, 6.07) is 3.69. The van der Waals surface area contributed by atoms with Crippen molar-refractivity contribution >= 4 is 11.8 Å². The van der Waals surface area contributed by atoms with Crippen LogP contribution < -0.4 is 11.1 Å². The van der Waals surface area contributed by atoms with Gasteiger partial charge in [-0.05, 0) is 13.8 Å². The lowest BCUT2D eigenvalue weighted by Crippen LogP contribution is -2.05. The standard InChI is InChI=1S/C10H13N5O/c1-6-3-9(14-10(11)13-6)12-5-8-4-7(2)16-15-8/h3-4H,5H2,1-2H3,(H3,11,12,13,14). The van der Waals surface area contributed by atoms with E-state index in [1.165, 1.54) is 0 Å². The number of nitrogens with one attached hydrogen (secondary N) is 1. The molecule has 0 aliphatic carbocycles. The fraction of sp³-hybridized carbons (Fsp3) is 0.300. The molecule has 0 saturated carbocycles. The number of nitrogens with zero attached hydrogens (tertiary/aromatic N) is 3. The molecule has 16 heavy (non-hydrogen) atoms. The van der Waals surface area contributed by atoms with Gasteiger partial charge in [-0.1, -0.05) is 5.16 Å². The molecule has 84 valence electrons. The number of anilines is 2. The molecule has 0 spiro atoms. The molecular weight excluding hydrogens is 206 g/mol. The van der Waals surface area contributed by atoms with Gasteiger partial charge >= 0.3 is 0 Å². The molecule has 0 radical (unpaired) electrons. The molecule has 0 unspecified atom stereocenters. The minimum Gasteiger partial charge on any atom is -0.368 e. The molecule has 0 bridgehead atoms. The van der Waals surface area contributed by atoms with Crippen LogP contribution in [0.4, 0.5) is 11.8 Å². The van der Waals surface area contributed by atoms with Gasteiger partial charge in [-0.15, -0.1) is 0 Å². The Balaban J connectivity index is 2.04. The highest BCUT2D eigenvalue weighted by Crippen LogP contribution is 2.09. The smallest absolute Gasteiger partial charge is 0.222 e. The molecule has 0 saturated heterocycles. The van der Waals surface area contributed by atoms with Crippen LogP contribution in [0, 0.1) is 13.8 Å². The summed E-state index contributed by atoms with van der Waals surface area (Å²) in [4.78, 5) is 8.04. The third-order valence-corrected chi connectivity index (χ3v) is 2.00. The van der Waals surface area contributed by atoms with Crippen molar-refractivity contribution in [3.63, 3.8) is 0 Å². The Morgan fingerprint density at radius 2 is 2.12 bits per heavy atom. The van der Waals surface area contributed by atoms with Gasteiger partial charge in [-0.25, -0.2) is 4.98 Å². The van der Waals surface area contributed by atoms with Crippen molar-refractivity contribution in [3.8, 4) is 0 Å². The zero-order valence-corrected chi connectivity index (χ0v) is 9.19. The zero-order chi connectivity index (χ0) is 11.5. The van der Waals surface area contributed by atoms with Crippen LogP contribution in [-0.4, -0.2) is 15.1 Å². The summed E-state index contributed by atoms with van der Waals surface area (Å²) < 4.78 is 4.95. The van der Waals surface area contributed by atoms with E-state index in [0.29, 0.717) is 12.4 Å². The second kappa shape index (κ2) is 4.18. The van der Waals surface area contributed by atoms with E-state index in [1.807, 2.05) is 26.0 Å². The zero-order valence-electron chi connectivity index (χ0n) is 9.19. The maximum Gasteiger partial charge on any atom is 0.222 e. The highest BCUT2D eigenvalue weighted by atomic mass is 16.5. The van der Waals surface area contributed by atoms with Gasteiger partial charge in [0.2, 0.25) is 5.95 Å². The summed E-state index contributed by atoms with van der Waals surface area (Å²) in [5, 5.41) is 6.97. The van der Waals surface area contributed by atoms with Crippen LogP contribution in [0.1, 0.15) is 17.1 Å². The van der Waals surface area contributed by atoms with Crippen molar-refractivity contribution in [2.45, 2.75) is 20.4 Å². The Labute approximate surface area is 92.9 Å². The van der Waals surface area contributed by atoms with E-state index >= 15 is 0 Å². The van der Waals surface area contributed by atoms with Gasteiger partial charge in [0.15, 0.2) is 0 Å². The number of rotatable bonds is 3. The van der Waals surface area contributed by atoms with Crippen molar-refractivity contribution in [2.24, 2.45) is 0 Å². The molecule has 3 N–H and O–H groups in total. The van der Waals surface area contributed by atoms with E-state index < -0.39 is 0 Å². The maximum atomic E-state index is 5.54. The summed E-state index contributed by atoms with van der Waals surface area (Å²) in [7, 11) is 0. The molecule has 0 aliphatic rings. The topological polar surface area (TPSA) is 89.9 Å². The van der Waals surface area contributed by atoms with E-state index in [4.69, 9.17) is 10.3 Å². The lowest BCUT2D eigenvalue weighted by Gasteiger charge is -2.04. The highest BCUT2D eigenvalue weighted by Gasteiger charge is 2.02. The van der Waals surface area contributed by atoms with Crippen LogP contribution in [0.15, 0.2) is 16.7 Å². The molecule has 0 amide bonds. The minimum atomic E-state index is 0.263. The van der Waals surface area contributed by atoms with E-state index in [2.05, 4.69) is 20.4 Å². The van der Waals surface area contributed by atoms with Crippen LogP contribution >= 0.6 is 0 Å². The molecule has 2 rings (SSSR count). The summed E-state index contributed by atoms with van der Waals surface area (Å²) >= 11 is 0. The third-order valence-electron chi connectivity index (χ3n) is 2.00. The first-order valence-corrected chi connectivity index (χ1v) is 4.91. The van der Waals surface area contributed by atoms with Gasteiger partial charge in [0.25, 0.3) is 0 Å². The van der Waals surface area contributed by atoms with Gasteiger partial charge in [0.1, 0.15) is 17.3 Å². The van der Waals surface area contributed by atoms with E-state index in [-0.39, 0.29) is 5.95 Å².